The van der Waals surface area contributed by atoms with Crippen LogP contribution in [-0.2, 0) is 4.79 Å². The second-order valence-electron chi connectivity index (χ2n) is 3.16. The van der Waals surface area contributed by atoms with E-state index in [-0.39, 0.29) is 5.91 Å². The molecule has 4 nitrogen and oxygen atoms in total. The molecule has 0 atom stereocenters. The molecule has 16 heavy (non-hydrogen) atoms. The lowest BCUT2D eigenvalue weighted by molar-refractivity contribution is -0.117. The Labute approximate surface area is 101 Å². The van der Waals surface area contributed by atoms with Crippen molar-refractivity contribution >= 4 is 40.4 Å². The van der Waals surface area contributed by atoms with Gasteiger partial charge >= 0.3 is 0 Å². The number of fused-ring (bicyclic) bond motifs is 1. The van der Waals surface area contributed by atoms with Gasteiger partial charge in [-0.25, -0.2) is 4.98 Å². The summed E-state index contributed by atoms with van der Waals surface area (Å²) in [7, 11) is 0. The third-order valence-electron chi connectivity index (χ3n) is 1.90. The van der Waals surface area contributed by atoms with Crippen molar-refractivity contribution in [3.05, 3.63) is 23.2 Å². The summed E-state index contributed by atoms with van der Waals surface area (Å²) in [5.41, 5.74) is 6.43. The number of thioether (sulfide) groups is 1. The molecular weight excluding hydrogens is 248 g/mol. The third kappa shape index (κ3) is 2.68. The molecule has 0 saturated carbocycles. The van der Waals surface area contributed by atoms with Crippen molar-refractivity contribution in [2.75, 3.05) is 5.75 Å². The van der Waals surface area contributed by atoms with Crippen molar-refractivity contribution in [3.8, 4) is 0 Å². The number of amides is 1. The highest BCUT2D eigenvalue weighted by molar-refractivity contribution is 7.99. The number of rotatable bonds is 4. The Balaban J connectivity index is 2.10. The van der Waals surface area contributed by atoms with Crippen LogP contribution in [0.1, 0.15) is 6.42 Å². The predicted molar refractivity (Wildman–Crippen MR) is 63.6 cm³/mol. The fourth-order valence-corrected chi connectivity index (χ4v) is 2.14. The SMILES string of the molecule is NC(=O)CCSc1nc2cc(Cl)ccc2o1. The van der Waals surface area contributed by atoms with Gasteiger partial charge in [-0.15, -0.1) is 0 Å². The minimum Gasteiger partial charge on any atom is -0.431 e. The molecule has 2 aromatic rings. The minimum atomic E-state index is -0.327. The zero-order chi connectivity index (χ0) is 11.5. The molecule has 2 N–H and O–H groups in total. The first-order chi connectivity index (χ1) is 7.65. The normalized spacial score (nSPS) is 10.8. The van der Waals surface area contributed by atoms with E-state index in [4.69, 9.17) is 21.8 Å². The maximum absolute atomic E-state index is 10.5. The summed E-state index contributed by atoms with van der Waals surface area (Å²) in [4.78, 5) is 14.8. The van der Waals surface area contributed by atoms with E-state index in [0.29, 0.717) is 33.5 Å². The van der Waals surface area contributed by atoms with Gasteiger partial charge in [0.1, 0.15) is 5.52 Å². The lowest BCUT2D eigenvalue weighted by atomic mass is 10.3. The highest BCUT2D eigenvalue weighted by Gasteiger charge is 2.07. The van der Waals surface area contributed by atoms with E-state index >= 15 is 0 Å². The van der Waals surface area contributed by atoms with Crippen LogP contribution in [0.5, 0.6) is 0 Å². The molecule has 2 rings (SSSR count). The van der Waals surface area contributed by atoms with E-state index < -0.39 is 0 Å². The number of carbonyl (C=O) groups is 1. The molecule has 0 saturated heterocycles. The molecule has 0 radical (unpaired) electrons. The van der Waals surface area contributed by atoms with Crippen molar-refractivity contribution in [1.29, 1.82) is 0 Å². The number of benzene rings is 1. The van der Waals surface area contributed by atoms with Gasteiger partial charge < -0.3 is 10.2 Å². The monoisotopic (exact) mass is 256 g/mol. The molecule has 0 aliphatic rings. The molecule has 84 valence electrons. The van der Waals surface area contributed by atoms with E-state index in [1.165, 1.54) is 11.8 Å². The van der Waals surface area contributed by atoms with Crippen LogP contribution in [0, 0.1) is 0 Å². The highest BCUT2D eigenvalue weighted by Crippen LogP contribution is 2.25. The van der Waals surface area contributed by atoms with Crippen LogP contribution in [0.3, 0.4) is 0 Å². The Morgan fingerprint density at radius 1 is 1.56 bits per heavy atom. The van der Waals surface area contributed by atoms with Gasteiger partial charge in [-0.3, -0.25) is 4.79 Å². The van der Waals surface area contributed by atoms with Gasteiger partial charge in [-0.05, 0) is 18.2 Å². The molecule has 0 spiro atoms. The zero-order valence-corrected chi connectivity index (χ0v) is 9.85. The van der Waals surface area contributed by atoms with Crippen LogP contribution in [-0.4, -0.2) is 16.6 Å². The summed E-state index contributed by atoms with van der Waals surface area (Å²) in [6.45, 7) is 0. The first-order valence-corrected chi connectivity index (χ1v) is 5.99. The number of hydrogen-bond donors (Lipinski definition) is 1. The Hall–Kier alpha value is -1.20. The summed E-state index contributed by atoms with van der Waals surface area (Å²) < 4.78 is 5.45. The van der Waals surface area contributed by atoms with E-state index in [9.17, 15) is 4.79 Å². The number of nitrogens with zero attached hydrogens (tertiary/aromatic N) is 1. The molecule has 0 aliphatic carbocycles. The van der Waals surface area contributed by atoms with E-state index in [1.54, 1.807) is 18.2 Å². The molecule has 0 fully saturated rings. The topological polar surface area (TPSA) is 69.1 Å². The smallest absolute Gasteiger partial charge is 0.256 e. The van der Waals surface area contributed by atoms with Crippen molar-refractivity contribution in [2.45, 2.75) is 11.6 Å². The van der Waals surface area contributed by atoms with E-state index in [1.807, 2.05) is 0 Å². The van der Waals surface area contributed by atoms with Gasteiger partial charge in [-0.1, -0.05) is 23.4 Å². The van der Waals surface area contributed by atoms with Crippen LogP contribution >= 0.6 is 23.4 Å². The Kier molecular flexibility index (Phi) is 3.36. The molecular formula is C10H9ClN2O2S. The molecule has 1 aromatic heterocycles. The van der Waals surface area contributed by atoms with Gasteiger partial charge in [0.25, 0.3) is 5.22 Å². The minimum absolute atomic E-state index is 0.310. The van der Waals surface area contributed by atoms with Crippen molar-refractivity contribution < 1.29 is 9.21 Å². The second-order valence-corrected chi connectivity index (χ2v) is 4.64. The Morgan fingerprint density at radius 2 is 2.38 bits per heavy atom. The average Bonchev–Trinajstić information content (AvgIpc) is 2.58. The van der Waals surface area contributed by atoms with Gasteiger partial charge in [0.2, 0.25) is 5.91 Å². The summed E-state index contributed by atoms with van der Waals surface area (Å²) in [5, 5.41) is 1.15. The van der Waals surface area contributed by atoms with Crippen LogP contribution in [0.2, 0.25) is 5.02 Å². The van der Waals surface area contributed by atoms with Crippen LogP contribution in [0.4, 0.5) is 0 Å². The number of nitrogens with two attached hydrogens (primary N) is 1. The van der Waals surface area contributed by atoms with Crippen molar-refractivity contribution in [3.63, 3.8) is 0 Å². The number of oxazole rings is 1. The Bertz CT molecular complexity index is 527. The van der Waals surface area contributed by atoms with Gasteiger partial charge in [-0.2, -0.15) is 0 Å². The number of primary amides is 1. The van der Waals surface area contributed by atoms with Crippen LogP contribution in [0.15, 0.2) is 27.8 Å². The second kappa shape index (κ2) is 4.76. The van der Waals surface area contributed by atoms with Crippen LogP contribution in [0.25, 0.3) is 11.1 Å². The number of aromatic nitrogens is 1. The van der Waals surface area contributed by atoms with Gasteiger partial charge in [0.05, 0.1) is 0 Å². The van der Waals surface area contributed by atoms with Gasteiger partial charge in [0, 0.05) is 17.2 Å². The molecule has 1 aromatic carbocycles. The predicted octanol–water partition coefficient (Wildman–Crippen LogP) is 2.45. The number of hydrogen-bond acceptors (Lipinski definition) is 4. The fourth-order valence-electron chi connectivity index (χ4n) is 1.18. The standard InChI is InChI=1S/C10H9ClN2O2S/c11-6-1-2-8-7(5-6)13-10(15-8)16-4-3-9(12)14/h1-2,5H,3-4H2,(H2,12,14). The molecule has 1 heterocycles. The highest BCUT2D eigenvalue weighted by atomic mass is 35.5. The maximum Gasteiger partial charge on any atom is 0.256 e. The molecule has 0 unspecified atom stereocenters. The largest absolute Gasteiger partial charge is 0.431 e. The molecule has 0 aliphatic heterocycles. The third-order valence-corrected chi connectivity index (χ3v) is 2.97. The van der Waals surface area contributed by atoms with Crippen LogP contribution < -0.4 is 5.73 Å². The number of carbonyl (C=O) groups excluding carboxylic acids is 1. The summed E-state index contributed by atoms with van der Waals surface area (Å²) in [5.74, 6) is 0.238. The lowest BCUT2D eigenvalue weighted by Gasteiger charge is -1.91. The zero-order valence-electron chi connectivity index (χ0n) is 8.27. The summed E-state index contributed by atoms with van der Waals surface area (Å²) in [6, 6.07) is 5.24. The van der Waals surface area contributed by atoms with E-state index in [2.05, 4.69) is 4.98 Å². The van der Waals surface area contributed by atoms with Crippen molar-refractivity contribution in [1.82, 2.24) is 4.98 Å². The summed E-state index contributed by atoms with van der Waals surface area (Å²) in [6.07, 6.45) is 0.310. The molecule has 0 bridgehead atoms. The summed E-state index contributed by atoms with van der Waals surface area (Å²) >= 11 is 7.18. The first-order valence-electron chi connectivity index (χ1n) is 4.62. The molecule has 6 heteroatoms. The lowest BCUT2D eigenvalue weighted by Crippen LogP contribution is -2.10. The van der Waals surface area contributed by atoms with Crippen molar-refractivity contribution in [2.24, 2.45) is 5.73 Å². The molecule has 1 amide bonds. The number of halogens is 1. The quantitative estimate of drug-likeness (QED) is 0.853. The Morgan fingerprint density at radius 3 is 3.12 bits per heavy atom. The van der Waals surface area contributed by atoms with E-state index in [0.717, 1.165) is 0 Å². The fraction of sp³-hybridized carbons (Fsp3) is 0.200. The maximum atomic E-state index is 10.5. The van der Waals surface area contributed by atoms with Gasteiger partial charge in [0.15, 0.2) is 5.58 Å². The first kappa shape index (κ1) is 11.3. The average molecular weight is 257 g/mol.